The van der Waals surface area contributed by atoms with Crippen molar-refractivity contribution in [1.29, 1.82) is 0 Å². The lowest BCUT2D eigenvalue weighted by Gasteiger charge is -2.38. The van der Waals surface area contributed by atoms with Crippen LogP contribution in [-0.2, 0) is 20.7 Å². The van der Waals surface area contributed by atoms with Gasteiger partial charge in [-0.1, -0.05) is 36.4 Å². The zero-order valence-electron chi connectivity index (χ0n) is 17.7. The number of allylic oxidation sites excluding steroid dienone is 1. The maximum Gasteiger partial charge on any atom is 0.337 e. The number of carbonyl (C=O) groups is 1. The number of nitrogens with zero attached hydrogens (tertiary/aromatic N) is 3. The summed E-state index contributed by atoms with van der Waals surface area (Å²) in [5.74, 6) is 0.362. The van der Waals surface area contributed by atoms with Gasteiger partial charge in [0.15, 0.2) is 5.96 Å². The normalized spacial score (nSPS) is 17.8. The molecule has 0 radical (unpaired) electrons. The Labute approximate surface area is 177 Å². The van der Waals surface area contributed by atoms with E-state index in [2.05, 4.69) is 10.3 Å². The number of rotatable bonds is 8. The van der Waals surface area contributed by atoms with E-state index >= 15 is 0 Å². The molecule has 30 heavy (non-hydrogen) atoms. The topological polar surface area (TPSA) is 76.0 Å². The van der Waals surface area contributed by atoms with Crippen molar-refractivity contribution in [3.05, 3.63) is 77.3 Å². The van der Waals surface area contributed by atoms with E-state index in [1.165, 1.54) is 7.11 Å². The van der Waals surface area contributed by atoms with Crippen LogP contribution in [0.25, 0.3) is 0 Å². The highest BCUT2D eigenvalue weighted by atomic mass is 16.5. The first-order chi connectivity index (χ1) is 14.7. The first-order valence-corrected chi connectivity index (χ1v) is 9.96. The highest BCUT2D eigenvalue weighted by Crippen LogP contribution is 2.31. The van der Waals surface area contributed by atoms with Gasteiger partial charge in [0.05, 0.1) is 25.3 Å². The zero-order chi connectivity index (χ0) is 21.3. The summed E-state index contributed by atoms with van der Waals surface area (Å²) in [6.45, 7) is 3.60. The average Bonchev–Trinajstić information content (AvgIpc) is 2.79. The van der Waals surface area contributed by atoms with Crippen molar-refractivity contribution >= 4 is 11.9 Å². The van der Waals surface area contributed by atoms with Gasteiger partial charge < -0.3 is 19.7 Å². The van der Waals surface area contributed by atoms with Crippen LogP contribution in [0.4, 0.5) is 0 Å². The Morgan fingerprint density at radius 3 is 2.67 bits per heavy atom. The summed E-state index contributed by atoms with van der Waals surface area (Å²) >= 11 is 0. The summed E-state index contributed by atoms with van der Waals surface area (Å²) in [5, 5.41) is 3.46. The van der Waals surface area contributed by atoms with Crippen molar-refractivity contribution in [3.8, 4) is 0 Å². The molecule has 1 atom stereocenters. The maximum atomic E-state index is 12.7. The van der Waals surface area contributed by atoms with Crippen LogP contribution < -0.4 is 5.32 Å². The van der Waals surface area contributed by atoms with Crippen LogP contribution in [0.1, 0.15) is 24.1 Å². The van der Waals surface area contributed by atoms with Gasteiger partial charge >= 0.3 is 5.97 Å². The van der Waals surface area contributed by atoms with E-state index in [1.54, 1.807) is 13.3 Å². The van der Waals surface area contributed by atoms with Crippen molar-refractivity contribution < 1.29 is 14.3 Å². The molecule has 1 aliphatic heterocycles. The molecular formula is C23H28N4O3. The third-order valence-electron chi connectivity index (χ3n) is 5.05. The van der Waals surface area contributed by atoms with Gasteiger partial charge in [0.2, 0.25) is 0 Å². The molecule has 1 aliphatic rings. The SMILES string of the molecule is COCCN1C(=NCCc2cccnc2)NC(c2ccccc2)C(C(=O)OC)=C1C. The molecule has 1 N–H and O–H groups in total. The Kier molecular flexibility index (Phi) is 7.57. The predicted molar refractivity (Wildman–Crippen MR) is 116 cm³/mol. The number of nitrogens with one attached hydrogen (secondary N) is 1. The molecule has 7 heteroatoms. The number of aliphatic imine (C=N–C) groups is 1. The van der Waals surface area contributed by atoms with E-state index in [0.717, 1.165) is 29.2 Å². The van der Waals surface area contributed by atoms with Gasteiger partial charge in [0.25, 0.3) is 0 Å². The quantitative estimate of drug-likeness (QED) is 0.677. The minimum Gasteiger partial charge on any atom is -0.466 e. The second-order valence-corrected chi connectivity index (χ2v) is 6.94. The maximum absolute atomic E-state index is 12.7. The highest BCUT2D eigenvalue weighted by molar-refractivity contribution is 5.96. The van der Waals surface area contributed by atoms with Crippen molar-refractivity contribution in [2.45, 2.75) is 19.4 Å². The molecule has 7 nitrogen and oxygen atoms in total. The molecule has 1 aromatic heterocycles. The van der Waals surface area contributed by atoms with E-state index in [-0.39, 0.29) is 12.0 Å². The van der Waals surface area contributed by atoms with Crippen LogP contribution >= 0.6 is 0 Å². The standard InChI is InChI=1S/C23H28N4O3/c1-17-20(22(28)30-3)21(19-9-5-4-6-10-19)26-23(27(17)14-15-29-2)25-13-11-18-8-7-12-24-16-18/h4-10,12,16,21H,11,13-15H2,1-3H3,(H,25,26). The fourth-order valence-corrected chi connectivity index (χ4v) is 3.49. The Hall–Kier alpha value is -3.19. The molecule has 0 aliphatic carbocycles. The third-order valence-corrected chi connectivity index (χ3v) is 5.05. The van der Waals surface area contributed by atoms with Crippen molar-refractivity contribution in [1.82, 2.24) is 15.2 Å². The smallest absolute Gasteiger partial charge is 0.337 e. The van der Waals surface area contributed by atoms with Crippen molar-refractivity contribution in [2.24, 2.45) is 4.99 Å². The fourth-order valence-electron chi connectivity index (χ4n) is 3.49. The molecular weight excluding hydrogens is 380 g/mol. The lowest BCUT2D eigenvalue weighted by molar-refractivity contribution is -0.136. The number of hydrogen-bond donors (Lipinski definition) is 1. The largest absolute Gasteiger partial charge is 0.466 e. The molecule has 0 saturated carbocycles. The molecule has 0 spiro atoms. The Balaban J connectivity index is 1.95. The van der Waals surface area contributed by atoms with Gasteiger partial charge in [-0.2, -0.15) is 0 Å². The number of esters is 1. The fraction of sp³-hybridized carbons (Fsp3) is 0.348. The minimum atomic E-state index is -0.356. The predicted octanol–water partition coefficient (Wildman–Crippen LogP) is 2.72. The van der Waals surface area contributed by atoms with Crippen LogP contribution in [0.2, 0.25) is 0 Å². The average molecular weight is 409 g/mol. The van der Waals surface area contributed by atoms with Crippen molar-refractivity contribution in [3.63, 3.8) is 0 Å². The number of ether oxygens (including phenoxy) is 2. The number of guanidine groups is 1. The summed E-state index contributed by atoms with van der Waals surface area (Å²) in [6.07, 6.45) is 4.39. The molecule has 1 aromatic carbocycles. The summed E-state index contributed by atoms with van der Waals surface area (Å²) in [4.78, 5) is 23.6. The molecule has 2 aromatic rings. The monoisotopic (exact) mass is 408 g/mol. The molecule has 0 bridgehead atoms. The van der Waals surface area contributed by atoms with E-state index < -0.39 is 0 Å². The number of aromatic nitrogens is 1. The minimum absolute atomic E-state index is 0.338. The number of hydrogen-bond acceptors (Lipinski definition) is 5. The second-order valence-electron chi connectivity index (χ2n) is 6.94. The summed E-state index contributed by atoms with van der Waals surface area (Å²) in [5.41, 5.74) is 3.49. The first kappa shape index (κ1) is 21.5. The van der Waals surface area contributed by atoms with Crippen LogP contribution in [0.3, 0.4) is 0 Å². The van der Waals surface area contributed by atoms with Crippen molar-refractivity contribution in [2.75, 3.05) is 33.9 Å². The lowest BCUT2D eigenvalue weighted by Crippen LogP contribution is -2.50. The summed E-state index contributed by atoms with van der Waals surface area (Å²) in [7, 11) is 3.06. The molecule has 0 amide bonds. The molecule has 1 unspecified atom stereocenters. The number of benzene rings is 1. The first-order valence-electron chi connectivity index (χ1n) is 9.96. The van der Waals surface area contributed by atoms with E-state index in [9.17, 15) is 4.79 Å². The van der Waals surface area contributed by atoms with Crippen LogP contribution in [0.5, 0.6) is 0 Å². The Morgan fingerprint density at radius 1 is 1.20 bits per heavy atom. The van der Waals surface area contributed by atoms with Gasteiger partial charge in [0, 0.05) is 38.3 Å². The summed E-state index contributed by atoms with van der Waals surface area (Å²) < 4.78 is 10.4. The molecule has 2 heterocycles. The molecule has 158 valence electrons. The Bertz CT molecular complexity index is 897. The third kappa shape index (κ3) is 5.04. The van der Waals surface area contributed by atoms with Gasteiger partial charge in [-0.25, -0.2) is 4.79 Å². The molecule has 0 saturated heterocycles. The van der Waals surface area contributed by atoms with Gasteiger partial charge in [-0.05, 0) is 30.5 Å². The molecule has 3 rings (SSSR count). The summed E-state index contributed by atoms with van der Waals surface area (Å²) in [6, 6.07) is 13.5. The van der Waals surface area contributed by atoms with Gasteiger partial charge in [0.1, 0.15) is 0 Å². The van der Waals surface area contributed by atoms with E-state index in [0.29, 0.717) is 25.3 Å². The highest BCUT2D eigenvalue weighted by Gasteiger charge is 2.34. The van der Waals surface area contributed by atoms with E-state index in [1.807, 2.05) is 60.5 Å². The molecule has 0 fully saturated rings. The Morgan fingerprint density at radius 2 is 2.00 bits per heavy atom. The van der Waals surface area contributed by atoms with Crippen LogP contribution in [0, 0.1) is 0 Å². The zero-order valence-corrected chi connectivity index (χ0v) is 17.7. The lowest BCUT2D eigenvalue weighted by atomic mass is 9.95. The van der Waals surface area contributed by atoms with E-state index in [4.69, 9.17) is 14.5 Å². The van der Waals surface area contributed by atoms with Crippen LogP contribution in [-0.4, -0.2) is 55.7 Å². The van der Waals surface area contributed by atoms with Gasteiger partial charge in [-0.3, -0.25) is 9.98 Å². The second kappa shape index (κ2) is 10.5. The number of carbonyl (C=O) groups excluding carboxylic acids is 1. The number of methoxy groups -OCH3 is 2. The van der Waals surface area contributed by atoms with Gasteiger partial charge in [-0.15, -0.1) is 0 Å². The number of pyridine rings is 1. The van der Waals surface area contributed by atoms with Crippen LogP contribution in [0.15, 0.2) is 71.1 Å².